The lowest BCUT2D eigenvalue weighted by molar-refractivity contribution is -0.140. The molecule has 356 valence electrons. The molecule has 0 aliphatic carbocycles. The highest BCUT2D eigenvalue weighted by Gasteiger charge is 2.40. The minimum Gasteiger partial charge on any atom is -0.507 e. The van der Waals surface area contributed by atoms with Gasteiger partial charge >= 0.3 is 0 Å². The molecule has 4 heterocycles. The Kier molecular flexibility index (Phi) is 22.0. The predicted octanol–water partition coefficient (Wildman–Crippen LogP) is 8.66. The number of likely N-dealkylation sites (N-methyl/N-ethyl adjacent to an activating group) is 1. The second kappa shape index (κ2) is 27.8. The van der Waals surface area contributed by atoms with Crippen LogP contribution in [0.3, 0.4) is 0 Å². The van der Waals surface area contributed by atoms with Gasteiger partial charge in [0.1, 0.15) is 29.2 Å². The molecule has 1 saturated heterocycles. The zero-order valence-electron chi connectivity index (χ0n) is 40.0. The van der Waals surface area contributed by atoms with E-state index in [4.69, 9.17) is 14.6 Å². The van der Waals surface area contributed by atoms with Crippen LogP contribution in [0.4, 0.5) is 5.69 Å². The number of carbonyl (C=O) groups is 2. The van der Waals surface area contributed by atoms with Crippen molar-refractivity contribution < 1.29 is 24.3 Å². The van der Waals surface area contributed by atoms with Gasteiger partial charge in [0.15, 0.2) is 0 Å². The number of para-hydroxylation sites is 1. The molecule has 1 fully saturated rings. The lowest BCUT2D eigenvalue weighted by Gasteiger charge is -2.29. The first-order valence-electron chi connectivity index (χ1n) is 22.8. The summed E-state index contributed by atoms with van der Waals surface area (Å²) in [4.78, 5) is 45.6. The number of aliphatic hydroxyl groups is 1. The lowest BCUT2D eigenvalue weighted by Crippen LogP contribution is -2.47. The summed E-state index contributed by atoms with van der Waals surface area (Å²) in [6, 6.07) is 24.3. The van der Waals surface area contributed by atoms with E-state index in [2.05, 4.69) is 53.6 Å². The van der Waals surface area contributed by atoms with Crippen molar-refractivity contribution in [1.29, 1.82) is 0 Å². The number of aliphatic imine (C=N–C) groups is 2. The summed E-state index contributed by atoms with van der Waals surface area (Å²) in [5, 5.41) is 37.7. The molecule has 1 aliphatic heterocycles. The zero-order chi connectivity index (χ0) is 48.7. The Morgan fingerprint density at radius 3 is 2.46 bits per heavy atom. The molecule has 6 aromatic rings. The lowest BCUT2D eigenvalue weighted by atomic mass is 9.91. The van der Waals surface area contributed by atoms with Crippen LogP contribution in [0.25, 0.3) is 38.2 Å². The Morgan fingerprint density at radius 2 is 1.78 bits per heavy atom. The number of nitrogens with one attached hydrogen (secondary N) is 2. The molecule has 0 bridgehead atoms. The molecule has 3 aromatic heterocycles. The highest BCUT2D eigenvalue weighted by atomic mass is 32.1. The van der Waals surface area contributed by atoms with E-state index in [1.807, 2.05) is 109 Å². The standard InChI is InChI=1S/C46H50N10O4S.2C2H6.CH4O/c1-30(2)44(46(59)56-19-7-9-40(56)45(58)51-25-31-11-13-32(14-12-31)43-28-50-29-61-43)42-24-38(54-60-42)34(26-48-4)27-49-18-21-55(20-17-47-3)35-15-16-37-33(22-35)23-39(53-52-37)36-8-5-6-10-41(36)57;3*1-2/h5-6,8,10-16,22-24,26-30,40,44,47,57H,4,7,9,17-21,25H2,1-3H3,(H,51,58);2*1-2H3;2H,1H3/b34-26+,49-27?;;;. The van der Waals surface area contributed by atoms with Crippen molar-refractivity contribution in [3.05, 3.63) is 114 Å². The Balaban J connectivity index is 0.00000157. The number of rotatable bonds is 18. The van der Waals surface area contributed by atoms with E-state index in [1.165, 1.54) is 0 Å². The third-order valence-electron chi connectivity index (χ3n) is 10.7. The maximum absolute atomic E-state index is 14.2. The van der Waals surface area contributed by atoms with Crippen molar-refractivity contribution >= 4 is 58.2 Å². The predicted molar refractivity (Wildman–Crippen MR) is 273 cm³/mol. The van der Waals surface area contributed by atoms with Gasteiger partial charge in [-0.05, 0) is 80.0 Å². The summed E-state index contributed by atoms with van der Waals surface area (Å²) in [7, 11) is 2.92. The number of amides is 2. The van der Waals surface area contributed by atoms with Crippen LogP contribution in [-0.4, -0.2) is 113 Å². The van der Waals surface area contributed by atoms with E-state index in [-0.39, 0.29) is 23.5 Å². The van der Waals surface area contributed by atoms with Crippen LogP contribution in [0.5, 0.6) is 5.75 Å². The highest BCUT2D eigenvalue weighted by molar-refractivity contribution is 7.13. The summed E-state index contributed by atoms with van der Waals surface area (Å²) < 4.78 is 5.85. The summed E-state index contributed by atoms with van der Waals surface area (Å²) in [5.74, 6) is -0.551. The number of phenols is 1. The average molecular weight is 931 g/mol. The fourth-order valence-electron chi connectivity index (χ4n) is 7.51. The van der Waals surface area contributed by atoms with Gasteiger partial charge in [-0.1, -0.05) is 83.1 Å². The fourth-order valence-corrected chi connectivity index (χ4v) is 8.14. The van der Waals surface area contributed by atoms with Gasteiger partial charge < -0.3 is 35.2 Å². The number of phenolic OH excluding ortho intramolecular Hbond substituents is 1. The fraction of sp³-hybridized carbons (Fsp3) is 0.373. The number of hydrogen-bond donors (Lipinski definition) is 4. The van der Waals surface area contributed by atoms with E-state index >= 15 is 0 Å². The minimum atomic E-state index is -0.646. The number of hydrogen-bond acceptors (Lipinski definition) is 14. The normalized spacial score (nSPS) is 13.8. The first-order valence-corrected chi connectivity index (χ1v) is 23.7. The van der Waals surface area contributed by atoms with E-state index in [0.29, 0.717) is 60.9 Å². The topological polar surface area (TPSA) is 195 Å². The molecular weight excluding hydrogens is 865 g/mol. The Bertz CT molecular complexity index is 2510. The van der Waals surface area contributed by atoms with E-state index in [9.17, 15) is 14.7 Å². The van der Waals surface area contributed by atoms with Crippen LogP contribution in [0.2, 0.25) is 0 Å². The van der Waals surface area contributed by atoms with Gasteiger partial charge in [0.25, 0.3) is 0 Å². The van der Waals surface area contributed by atoms with Gasteiger partial charge in [-0.2, -0.15) is 0 Å². The molecule has 7 rings (SSSR count). The first-order chi connectivity index (χ1) is 32.7. The molecule has 16 heteroatoms. The number of anilines is 1. The van der Waals surface area contributed by atoms with Crippen LogP contribution >= 0.6 is 11.3 Å². The number of benzene rings is 3. The minimum absolute atomic E-state index is 0.129. The number of fused-ring (bicyclic) bond motifs is 1. The quantitative estimate of drug-likeness (QED) is 0.0603. The molecule has 0 saturated carbocycles. The van der Waals surface area contributed by atoms with Crippen molar-refractivity contribution in [2.24, 2.45) is 15.9 Å². The van der Waals surface area contributed by atoms with E-state index in [1.54, 1.807) is 52.4 Å². The first kappa shape index (κ1) is 53.0. The molecule has 2 unspecified atom stereocenters. The smallest absolute Gasteiger partial charge is 0.243 e. The van der Waals surface area contributed by atoms with Gasteiger partial charge in [0.2, 0.25) is 11.8 Å². The molecule has 4 N–H and O–H groups in total. The SMILES string of the molecule is C=N/C=C(\C=NCCN(CCNC)c1ccc2nnc(-c3ccccc3O)cc2c1)c1cc(C(C(=O)N2CCCC2C(=O)NCc2ccc(-c3cncs3)cc2)C(C)C)on1.CC.CC.CO. The molecule has 0 spiro atoms. The number of allylic oxidation sites excluding steroid dienone is 1. The molecular formula is C51H66N10O5S. The highest BCUT2D eigenvalue weighted by Crippen LogP contribution is 2.33. The largest absolute Gasteiger partial charge is 0.507 e. The number of carbonyl (C=O) groups excluding carboxylic acids is 2. The van der Waals surface area contributed by atoms with Gasteiger partial charge in [-0.25, -0.2) is 0 Å². The molecule has 3 aromatic carbocycles. The maximum Gasteiger partial charge on any atom is 0.243 e. The molecule has 2 amide bonds. The number of aromatic hydroxyl groups is 1. The van der Waals surface area contributed by atoms with Crippen LogP contribution in [0.15, 0.2) is 111 Å². The molecule has 1 aliphatic rings. The number of aromatic nitrogens is 4. The molecule has 67 heavy (non-hydrogen) atoms. The maximum atomic E-state index is 14.2. The second-order valence-electron chi connectivity index (χ2n) is 15.2. The van der Waals surface area contributed by atoms with Crippen molar-refractivity contribution in [2.75, 3.05) is 51.8 Å². The van der Waals surface area contributed by atoms with E-state index in [0.717, 1.165) is 59.2 Å². The van der Waals surface area contributed by atoms with Gasteiger partial charge in [-0.3, -0.25) is 24.6 Å². The summed E-state index contributed by atoms with van der Waals surface area (Å²) in [5.41, 5.74) is 7.88. The Morgan fingerprint density at radius 1 is 1.01 bits per heavy atom. The second-order valence-corrected chi connectivity index (χ2v) is 16.1. The van der Waals surface area contributed by atoms with Gasteiger partial charge in [0.05, 0.1) is 28.1 Å². The van der Waals surface area contributed by atoms with Crippen LogP contribution < -0.4 is 15.5 Å². The average Bonchev–Trinajstić information content (AvgIpc) is 4.19. The summed E-state index contributed by atoms with van der Waals surface area (Å²) >= 11 is 1.58. The molecule has 2 atom stereocenters. The molecule has 0 radical (unpaired) electrons. The Labute approximate surface area is 398 Å². The summed E-state index contributed by atoms with van der Waals surface area (Å²) in [6.45, 7) is 19.0. The monoisotopic (exact) mass is 930 g/mol. The number of aliphatic hydroxyl groups excluding tert-OH is 1. The van der Waals surface area contributed by atoms with Gasteiger partial charge in [-0.15, -0.1) is 21.5 Å². The van der Waals surface area contributed by atoms with Crippen molar-refractivity contribution in [3.8, 4) is 27.4 Å². The number of nitrogens with zero attached hydrogens (tertiary/aromatic N) is 8. The molecule has 15 nitrogen and oxygen atoms in total. The third kappa shape index (κ3) is 14.2. The zero-order valence-corrected chi connectivity index (χ0v) is 40.8. The van der Waals surface area contributed by atoms with Gasteiger partial charge in [0, 0.05) is 86.7 Å². The van der Waals surface area contributed by atoms with Crippen LogP contribution in [-0.2, 0) is 16.1 Å². The Hall–Kier alpha value is -6.62. The van der Waals surface area contributed by atoms with Crippen LogP contribution in [0, 0.1) is 5.92 Å². The van der Waals surface area contributed by atoms with E-state index < -0.39 is 12.0 Å². The van der Waals surface area contributed by atoms with Crippen molar-refractivity contribution in [2.45, 2.75) is 72.9 Å². The van der Waals surface area contributed by atoms with Crippen LogP contribution in [0.1, 0.15) is 77.3 Å². The van der Waals surface area contributed by atoms with Crippen molar-refractivity contribution in [1.82, 2.24) is 35.9 Å². The van der Waals surface area contributed by atoms with Crippen molar-refractivity contribution in [3.63, 3.8) is 0 Å². The number of thiazole rings is 1. The third-order valence-corrected chi connectivity index (χ3v) is 11.6. The number of likely N-dealkylation sites (tertiary alicyclic amines) is 1. The summed E-state index contributed by atoms with van der Waals surface area (Å²) in [6.07, 6.45) is 6.42.